The number of rotatable bonds is 10. The number of Topliss-reactive ketones (excluding diaryl/α,β-unsaturated/α-hetero) is 1. The molecule has 20 bridgehead atoms. The molecule has 20 aliphatic rings. The molecule has 532 valence electrons. The van der Waals surface area contributed by atoms with Crippen LogP contribution in [0.2, 0.25) is 0 Å². The predicted molar refractivity (Wildman–Crippen MR) is 363 cm³/mol. The standard InChI is InChI=1S/C17H28O2.2C16H26O3.C16H24O3.C16H26O2/c1-15(2,3)14(18)19-11-17-8-12-5-13(9-17)7-16(4,6-12)10-17;1-14(2,3)13(17)19-10-15-5-11-4-12(6-15)8-16(18,7-11)9-15;2*1-15(2,3)14(18)19-9-16-6-10-4-11(7-16)13(17)12(5-10)8-16;1-15(2,3)14(17)18-10-16-7-11-4-12(8-16)6-13(5-11)9-16/h12-13H,5-11H2,1-4H3;11-12,18H,4-10H2,1-3H3;10-13,17H,4-9H2,1-3H3;10-12H,4-9H2,1-3H3;11-13H,4-10H2,1-3H3. The van der Waals surface area contributed by atoms with Gasteiger partial charge in [-0.3, -0.25) is 28.8 Å². The van der Waals surface area contributed by atoms with E-state index in [1.807, 2.05) is 104 Å². The molecule has 0 radical (unpaired) electrons. The number of hydrogen-bond donors (Lipinski definition) is 2. The van der Waals surface area contributed by atoms with Crippen molar-refractivity contribution >= 4 is 35.6 Å². The number of ketones is 1. The zero-order chi connectivity index (χ0) is 68.4. The molecule has 0 aromatic carbocycles. The molecule has 20 saturated carbocycles. The van der Waals surface area contributed by atoms with Crippen molar-refractivity contribution in [2.45, 2.75) is 302 Å². The van der Waals surface area contributed by atoms with Gasteiger partial charge in [-0.1, -0.05) is 6.92 Å². The Bertz CT molecular complexity index is 2630. The van der Waals surface area contributed by atoms with E-state index < -0.39 is 21.8 Å². The van der Waals surface area contributed by atoms with Crippen LogP contribution in [0.25, 0.3) is 0 Å². The van der Waals surface area contributed by atoms with Crippen LogP contribution < -0.4 is 0 Å². The maximum atomic E-state index is 12.1. The number of carbonyl (C=O) groups is 6. The monoisotopic (exact) mass is 1310 g/mol. The second-order valence-electron chi connectivity index (χ2n) is 42.2. The number of ether oxygens (including phenoxy) is 5. The molecule has 0 heterocycles. The molecule has 8 atom stereocenters. The minimum absolute atomic E-state index is 0.0294. The normalized spacial score (nSPS) is 43.2. The Balaban J connectivity index is 0.000000120. The van der Waals surface area contributed by atoms with Crippen molar-refractivity contribution < 1.29 is 62.7 Å². The minimum Gasteiger partial charge on any atom is -0.465 e. The summed E-state index contributed by atoms with van der Waals surface area (Å²) >= 11 is 0. The van der Waals surface area contributed by atoms with E-state index in [0.717, 1.165) is 113 Å². The lowest BCUT2D eigenvalue weighted by molar-refractivity contribution is -0.190. The van der Waals surface area contributed by atoms with Crippen LogP contribution in [0.5, 0.6) is 0 Å². The summed E-state index contributed by atoms with van der Waals surface area (Å²) in [4.78, 5) is 71.9. The summed E-state index contributed by atoms with van der Waals surface area (Å²) < 4.78 is 28.1. The fraction of sp³-hybridized carbons (Fsp3) is 0.926. The average Bonchev–Trinajstić information content (AvgIpc) is 0.778. The van der Waals surface area contributed by atoms with Crippen LogP contribution in [-0.4, -0.2) is 90.6 Å². The maximum Gasteiger partial charge on any atom is 0.311 e. The highest BCUT2D eigenvalue weighted by Crippen LogP contribution is 2.67. The second-order valence-corrected chi connectivity index (χ2v) is 42.2. The van der Waals surface area contributed by atoms with E-state index in [0.29, 0.717) is 84.7 Å². The number of hydrogen-bond acceptors (Lipinski definition) is 13. The lowest BCUT2D eigenvalue weighted by atomic mass is 9.45. The summed E-state index contributed by atoms with van der Waals surface area (Å²) in [5.41, 5.74) is -0.888. The zero-order valence-electron chi connectivity index (χ0n) is 61.8. The molecule has 8 unspecified atom stereocenters. The van der Waals surface area contributed by atoms with Crippen LogP contribution in [0, 0.1) is 136 Å². The van der Waals surface area contributed by atoms with Crippen molar-refractivity contribution in [1.29, 1.82) is 0 Å². The van der Waals surface area contributed by atoms with Gasteiger partial charge < -0.3 is 33.9 Å². The lowest BCUT2D eigenvalue weighted by Crippen LogP contribution is -2.57. The highest BCUT2D eigenvalue weighted by atomic mass is 16.6. The van der Waals surface area contributed by atoms with Gasteiger partial charge in [0.1, 0.15) is 5.78 Å². The van der Waals surface area contributed by atoms with Crippen LogP contribution in [-0.2, 0) is 52.5 Å². The molecule has 20 rings (SSSR count). The first-order valence-corrected chi connectivity index (χ1v) is 38.1. The third-order valence-electron chi connectivity index (χ3n) is 26.9. The van der Waals surface area contributed by atoms with Crippen LogP contribution in [0.4, 0.5) is 0 Å². The molecule has 2 N–H and O–H groups in total. The summed E-state index contributed by atoms with van der Waals surface area (Å²) in [6.45, 7) is 34.1. The van der Waals surface area contributed by atoms with Crippen LogP contribution in [0.3, 0.4) is 0 Å². The highest BCUT2D eigenvalue weighted by molar-refractivity contribution is 5.86. The topological polar surface area (TPSA) is 189 Å². The SMILES string of the molecule is CC(C)(C)C(=O)OCC12CC3CC(C1)C(=O)C(C3)C2.CC(C)(C)C(=O)OCC12CC3CC(C1)C(O)C(C3)C2.CC(C)(C)C(=O)OCC12CC3CC(CC(C3)C1)C2.CC(C)(C)C(=O)OCC12CC3CC(CC(O)(C3)C1)C2.CC12CC3CC(C1)CC(COC(=O)C(C)(C)C)(C3)C2. The van der Waals surface area contributed by atoms with E-state index in [-0.39, 0.29) is 74.9 Å². The molecule has 0 aromatic rings. The van der Waals surface area contributed by atoms with Gasteiger partial charge in [-0.05, 0) is 354 Å². The fourth-order valence-corrected chi connectivity index (χ4v) is 24.7. The van der Waals surface area contributed by atoms with Gasteiger partial charge >= 0.3 is 29.8 Å². The van der Waals surface area contributed by atoms with E-state index in [9.17, 15) is 39.0 Å². The van der Waals surface area contributed by atoms with Gasteiger partial charge in [0, 0.05) is 38.9 Å². The molecule has 0 spiro atoms. The Kier molecular flexibility index (Phi) is 19.6. The predicted octanol–water partition coefficient (Wildman–Crippen LogP) is 16.6. The molecular formula is C81H130O13. The third kappa shape index (κ3) is 16.2. The van der Waals surface area contributed by atoms with Gasteiger partial charge in [-0.25, -0.2) is 0 Å². The molecule has 0 saturated heterocycles. The van der Waals surface area contributed by atoms with Crippen molar-refractivity contribution in [3.63, 3.8) is 0 Å². The van der Waals surface area contributed by atoms with E-state index >= 15 is 0 Å². The van der Waals surface area contributed by atoms with Crippen molar-refractivity contribution in [2.75, 3.05) is 33.0 Å². The summed E-state index contributed by atoms with van der Waals surface area (Å²) in [7, 11) is 0. The van der Waals surface area contributed by atoms with E-state index in [2.05, 4.69) is 6.92 Å². The molecule has 0 aliphatic heterocycles. The van der Waals surface area contributed by atoms with Gasteiger partial charge in [0.2, 0.25) is 0 Å². The van der Waals surface area contributed by atoms with Crippen molar-refractivity contribution in [2.24, 2.45) is 136 Å². The molecular weight excluding hydrogens is 1180 g/mol. The van der Waals surface area contributed by atoms with Gasteiger partial charge in [-0.15, -0.1) is 0 Å². The summed E-state index contributed by atoms with van der Waals surface area (Å²) in [5.74, 6) is 8.92. The second kappa shape index (κ2) is 25.5. The first-order valence-electron chi connectivity index (χ1n) is 38.1. The van der Waals surface area contributed by atoms with Gasteiger partial charge in [0.25, 0.3) is 0 Å². The lowest BCUT2D eigenvalue weighted by Gasteiger charge is -2.61. The van der Waals surface area contributed by atoms with Crippen molar-refractivity contribution in [3.8, 4) is 0 Å². The van der Waals surface area contributed by atoms with Crippen LogP contribution >= 0.6 is 0 Å². The summed E-state index contributed by atoms with van der Waals surface area (Å²) in [6, 6.07) is 0. The van der Waals surface area contributed by atoms with E-state index in [4.69, 9.17) is 23.7 Å². The average molecular weight is 1310 g/mol. The van der Waals surface area contributed by atoms with Crippen molar-refractivity contribution in [1.82, 2.24) is 0 Å². The third-order valence-corrected chi connectivity index (χ3v) is 26.9. The van der Waals surface area contributed by atoms with Gasteiger partial charge in [0.15, 0.2) is 0 Å². The first-order chi connectivity index (χ1) is 43.3. The summed E-state index contributed by atoms with van der Waals surface area (Å²) in [6.07, 6.45) is 33.6. The quantitative estimate of drug-likeness (QED) is 0.155. The zero-order valence-corrected chi connectivity index (χ0v) is 61.8. The minimum atomic E-state index is -0.460. The number of carbonyl (C=O) groups excluding carboxylic acids is 6. The van der Waals surface area contributed by atoms with E-state index in [1.165, 1.54) is 103 Å². The Hall–Kier alpha value is -3.06. The number of esters is 5. The maximum absolute atomic E-state index is 12.1. The molecule has 0 aromatic heterocycles. The summed E-state index contributed by atoms with van der Waals surface area (Å²) in [5, 5.41) is 20.9. The number of aliphatic hydroxyl groups is 2. The van der Waals surface area contributed by atoms with Crippen molar-refractivity contribution in [3.05, 3.63) is 0 Å². The molecule has 13 heteroatoms. The molecule has 94 heavy (non-hydrogen) atoms. The largest absolute Gasteiger partial charge is 0.465 e. The Morgan fingerprint density at radius 2 is 0.596 bits per heavy atom. The Labute approximate surface area is 567 Å². The van der Waals surface area contributed by atoms with Crippen LogP contribution in [0.15, 0.2) is 0 Å². The molecule has 20 aliphatic carbocycles. The van der Waals surface area contributed by atoms with Gasteiger partial charge in [0.05, 0.1) is 71.8 Å². The molecule has 0 amide bonds. The smallest absolute Gasteiger partial charge is 0.311 e. The molecule has 20 fully saturated rings. The van der Waals surface area contributed by atoms with Gasteiger partial charge in [-0.2, -0.15) is 0 Å². The highest BCUT2D eigenvalue weighted by Gasteiger charge is 2.61. The Morgan fingerprint density at radius 1 is 0.340 bits per heavy atom. The Morgan fingerprint density at radius 3 is 0.915 bits per heavy atom. The van der Waals surface area contributed by atoms with E-state index in [1.54, 1.807) is 0 Å². The first kappa shape index (κ1) is 72.2. The van der Waals surface area contributed by atoms with Crippen LogP contribution in [0.1, 0.15) is 291 Å². The fourth-order valence-electron chi connectivity index (χ4n) is 24.7. The molecule has 13 nitrogen and oxygen atoms in total. The number of aliphatic hydroxyl groups excluding tert-OH is 1.